The van der Waals surface area contributed by atoms with Gasteiger partial charge in [-0.1, -0.05) is 18.2 Å². The van der Waals surface area contributed by atoms with Crippen LogP contribution in [0.3, 0.4) is 0 Å². The largest absolute Gasteiger partial charge is 0.365 e. The lowest BCUT2D eigenvalue weighted by molar-refractivity contribution is 0.0942. The van der Waals surface area contributed by atoms with Crippen LogP contribution < -0.4 is 5.32 Å². The van der Waals surface area contributed by atoms with Crippen LogP contribution in [0, 0.1) is 0 Å². The summed E-state index contributed by atoms with van der Waals surface area (Å²) in [6.45, 7) is 6.64. The molecule has 11 heteroatoms. The lowest BCUT2D eigenvalue weighted by atomic mass is 10.2. The maximum atomic E-state index is 13.5. The van der Waals surface area contributed by atoms with Gasteiger partial charge in [0, 0.05) is 4.70 Å². The molecule has 1 amide bonds. The molecule has 1 heterocycles. The van der Waals surface area contributed by atoms with Crippen molar-refractivity contribution in [2.45, 2.75) is 33.2 Å². The molecule has 0 aliphatic carbocycles. The fourth-order valence-corrected chi connectivity index (χ4v) is 8.55. The minimum absolute atomic E-state index is 0.0325. The van der Waals surface area contributed by atoms with Gasteiger partial charge in [-0.25, -0.2) is 0 Å². The quantitative estimate of drug-likeness (QED) is 0.418. The molecular weight excluding hydrogens is 436 g/mol. The van der Waals surface area contributed by atoms with Gasteiger partial charge in [-0.15, -0.1) is 11.3 Å². The van der Waals surface area contributed by atoms with Gasteiger partial charge in [-0.2, -0.15) is 0 Å². The van der Waals surface area contributed by atoms with E-state index >= 15 is 0 Å². The number of hydrogen-bond donors (Lipinski definition) is 1. The number of carbonyl (C=O) groups is 1. The van der Waals surface area contributed by atoms with Gasteiger partial charge in [0.05, 0.1) is 31.3 Å². The second kappa shape index (κ2) is 10.8. The molecule has 1 aromatic carbocycles. The molecule has 29 heavy (non-hydrogen) atoms. The standard InChI is InChI=1S/C18H27NO7P2S/c1-5-23-27(21,24-6-2)18(28(22,25-7-3)26-8-4)19-17(20)16-13-14-11-9-10-12-15(14)29-16/h9-13,18H,5-8H2,1-4H3,(H,19,20). The summed E-state index contributed by atoms with van der Waals surface area (Å²) in [5, 5.41) is 3.46. The summed E-state index contributed by atoms with van der Waals surface area (Å²) in [6.07, 6.45) is 0. The van der Waals surface area contributed by atoms with E-state index in [4.69, 9.17) is 18.1 Å². The number of fused-ring (bicyclic) bond motifs is 1. The van der Waals surface area contributed by atoms with Crippen LogP contribution in [0.1, 0.15) is 37.4 Å². The maximum Gasteiger partial charge on any atom is 0.365 e. The zero-order valence-electron chi connectivity index (χ0n) is 17.0. The Morgan fingerprint density at radius 1 is 0.931 bits per heavy atom. The second-order valence-electron chi connectivity index (χ2n) is 5.75. The highest BCUT2D eigenvalue weighted by molar-refractivity contribution is 7.72. The van der Waals surface area contributed by atoms with E-state index < -0.39 is 26.6 Å². The van der Waals surface area contributed by atoms with Gasteiger partial charge in [-0.3, -0.25) is 13.9 Å². The van der Waals surface area contributed by atoms with E-state index in [1.165, 1.54) is 11.3 Å². The Hall–Kier alpha value is -1.05. The normalized spacial score (nSPS) is 12.6. The highest BCUT2D eigenvalue weighted by Gasteiger charge is 2.52. The molecule has 1 N–H and O–H groups in total. The molecule has 0 unspecified atom stereocenters. The van der Waals surface area contributed by atoms with Crippen molar-refractivity contribution in [1.29, 1.82) is 0 Å². The van der Waals surface area contributed by atoms with Gasteiger partial charge in [0.15, 0.2) is 0 Å². The van der Waals surface area contributed by atoms with Gasteiger partial charge < -0.3 is 23.4 Å². The Kier molecular flexibility index (Phi) is 9.04. The number of nitrogens with one attached hydrogen (secondary N) is 1. The van der Waals surface area contributed by atoms with Crippen LogP contribution in [0.25, 0.3) is 10.1 Å². The highest BCUT2D eigenvalue weighted by Crippen LogP contribution is 2.69. The molecule has 0 spiro atoms. The zero-order valence-corrected chi connectivity index (χ0v) is 19.6. The van der Waals surface area contributed by atoms with Crippen molar-refractivity contribution in [3.05, 3.63) is 35.2 Å². The van der Waals surface area contributed by atoms with E-state index in [2.05, 4.69) is 5.32 Å². The molecule has 1 aromatic heterocycles. The van der Waals surface area contributed by atoms with Crippen molar-refractivity contribution < 1.29 is 32.0 Å². The van der Waals surface area contributed by atoms with Crippen LogP contribution in [0.4, 0.5) is 0 Å². The van der Waals surface area contributed by atoms with E-state index in [0.717, 1.165) is 10.1 Å². The number of hydrogen-bond acceptors (Lipinski definition) is 8. The highest BCUT2D eigenvalue weighted by atomic mass is 32.1. The average molecular weight is 463 g/mol. The molecule has 2 rings (SSSR count). The van der Waals surface area contributed by atoms with Crippen LogP contribution in [-0.4, -0.2) is 37.9 Å². The molecule has 0 atom stereocenters. The Labute approximate surface area is 174 Å². The van der Waals surface area contributed by atoms with E-state index in [-0.39, 0.29) is 26.4 Å². The van der Waals surface area contributed by atoms with Crippen LogP contribution in [0.15, 0.2) is 30.3 Å². The molecule has 0 aliphatic heterocycles. The number of rotatable bonds is 12. The van der Waals surface area contributed by atoms with Crippen molar-refractivity contribution in [1.82, 2.24) is 5.32 Å². The summed E-state index contributed by atoms with van der Waals surface area (Å²) >= 11 is 1.27. The summed E-state index contributed by atoms with van der Waals surface area (Å²) in [4.78, 5) is 13.3. The predicted octanol–water partition coefficient (Wildman–Crippen LogP) is 5.45. The third-order valence-corrected chi connectivity index (χ3v) is 10.5. The second-order valence-corrected chi connectivity index (χ2v) is 11.5. The third kappa shape index (κ3) is 5.76. The lowest BCUT2D eigenvalue weighted by Gasteiger charge is -2.31. The number of amides is 1. The van der Waals surface area contributed by atoms with Crippen LogP contribution >= 0.6 is 26.5 Å². The van der Waals surface area contributed by atoms with Crippen molar-refractivity contribution in [3.8, 4) is 0 Å². The molecule has 0 fully saturated rings. The zero-order chi connectivity index (χ0) is 21.5. The van der Waals surface area contributed by atoms with E-state index in [1.54, 1.807) is 33.8 Å². The molecule has 0 bridgehead atoms. The molecular formula is C18H27NO7P2S. The van der Waals surface area contributed by atoms with Crippen molar-refractivity contribution in [2.24, 2.45) is 0 Å². The third-order valence-electron chi connectivity index (χ3n) is 3.74. The summed E-state index contributed by atoms with van der Waals surface area (Å²) in [6, 6.07) is 9.24. The molecule has 162 valence electrons. The van der Waals surface area contributed by atoms with Crippen molar-refractivity contribution >= 4 is 42.5 Å². The van der Waals surface area contributed by atoms with Gasteiger partial charge in [0.2, 0.25) is 5.52 Å². The monoisotopic (exact) mass is 463 g/mol. The Balaban J connectivity index is 2.46. The van der Waals surface area contributed by atoms with Gasteiger partial charge in [0.25, 0.3) is 5.91 Å². The van der Waals surface area contributed by atoms with Gasteiger partial charge in [0.1, 0.15) is 0 Å². The maximum absolute atomic E-state index is 13.5. The van der Waals surface area contributed by atoms with Crippen LogP contribution in [0.2, 0.25) is 0 Å². The van der Waals surface area contributed by atoms with Gasteiger partial charge >= 0.3 is 15.2 Å². The van der Waals surface area contributed by atoms with Crippen molar-refractivity contribution in [2.75, 3.05) is 26.4 Å². The number of benzene rings is 1. The topological polar surface area (TPSA) is 100 Å². The lowest BCUT2D eigenvalue weighted by Crippen LogP contribution is -2.36. The first-order valence-electron chi connectivity index (χ1n) is 9.40. The first-order chi connectivity index (χ1) is 13.8. The number of carbonyl (C=O) groups excluding carboxylic acids is 1. The molecule has 0 saturated heterocycles. The smallest absolute Gasteiger partial charge is 0.327 e. The predicted molar refractivity (Wildman–Crippen MR) is 115 cm³/mol. The first kappa shape index (κ1) is 24.2. The molecule has 8 nitrogen and oxygen atoms in total. The molecule has 0 aliphatic rings. The SMILES string of the molecule is CCOP(=O)(OCC)C(NC(=O)c1cc2ccccc2s1)P(=O)(OCC)OCC. The molecule has 0 radical (unpaired) electrons. The molecule has 2 aromatic rings. The summed E-state index contributed by atoms with van der Waals surface area (Å²) in [5.41, 5.74) is -1.59. The minimum Gasteiger partial charge on any atom is -0.327 e. The summed E-state index contributed by atoms with van der Waals surface area (Å²) < 4.78 is 49.3. The Morgan fingerprint density at radius 3 is 1.86 bits per heavy atom. The fourth-order valence-electron chi connectivity index (χ4n) is 2.69. The molecule has 0 saturated carbocycles. The summed E-state index contributed by atoms with van der Waals surface area (Å²) in [7, 11) is -8.12. The van der Waals surface area contributed by atoms with E-state index in [1.807, 2.05) is 24.3 Å². The number of thiophene rings is 1. The van der Waals surface area contributed by atoms with Crippen LogP contribution in [0.5, 0.6) is 0 Å². The van der Waals surface area contributed by atoms with Crippen LogP contribution in [-0.2, 0) is 27.2 Å². The fraction of sp³-hybridized carbons (Fsp3) is 0.500. The Morgan fingerprint density at radius 2 is 1.41 bits per heavy atom. The first-order valence-corrected chi connectivity index (χ1v) is 13.4. The summed E-state index contributed by atoms with van der Waals surface area (Å²) in [5.74, 6) is -0.560. The van der Waals surface area contributed by atoms with E-state index in [9.17, 15) is 13.9 Å². The van der Waals surface area contributed by atoms with E-state index in [0.29, 0.717) is 4.88 Å². The average Bonchev–Trinajstić information content (AvgIpc) is 3.11. The Bertz CT molecular complexity index is 834. The minimum atomic E-state index is -4.06. The van der Waals surface area contributed by atoms with Gasteiger partial charge in [-0.05, 0) is 45.2 Å². The van der Waals surface area contributed by atoms with Crippen molar-refractivity contribution in [3.63, 3.8) is 0 Å².